The van der Waals surface area contributed by atoms with Crippen molar-refractivity contribution in [1.29, 1.82) is 0 Å². The van der Waals surface area contributed by atoms with E-state index < -0.39 is 0 Å². The van der Waals surface area contributed by atoms with Gasteiger partial charge in [0, 0.05) is 38.1 Å². The van der Waals surface area contributed by atoms with Crippen molar-refractivity contribution >= 4 is 5.91 Å². The zero-order valence-corrected chi connectivity index (χ0v) is 12.4. The van der Waals surface area contributed by atoms with Crippen molar-refractivity contribution in [2.75, 3.05) is 45.9 Å². The summed E-state index contributed by atoms with van der Waals surface area (Å²) < 4.78 is 5.44. The lowest BCUT2D eigenvalue weighted by Gasteiger charge is -2.31. The molecule has 0 aromatic heterocycles. The van der Waals surface area contributed by atoms with Crippen LogP contribution in [0, 0.1) is 0 Å². The fourth-order valence-corrected chi connectivity index (χ4v) is 3.70. The number of likely N-dealkylation sites (tertiary alicyclic amines) is 2. The maximum atomic E-state index is 12.5. The van der Waals surface area contributed by atoms with Gasteiger partial charge in [0.1, 0.15) is 0 Å². The fraction of sp³-hybridized carbons (Fsp3) is 0.933. The van der Waals surface area contributed by atoms with Crippen molar-refractivity contribution < 1.29 is 9.53 Å². The van der Waals surface area contributed by atoms with E-state index in [1.165, 1.54) is 38.8 Å². The van der Waals surface area contributed by atoms with Gasteiger partial charge >= 0.3 is 0 Å². The van der Waals surface area contributed by atoms with Gasteiger partial charge in [-0.05, 0) is 38.8 Å². The highest BCUT2D eigenvalue weighted by molar-refractivity contribution is 5.77. The molecule has 2 atom stereocenters. The van der Waals surface area contributed by atoms with Crippen LogP contribution in [0.15, 0.2) is 0 Å². The zero-order chi connectivity index (χ0) is 13.8. The third kappa shape index (κ3) is 3.51. The Kier molecular flexibility index (Phi) is 4.91. The summed E-state index contributed by atoms with van der Waals surface area (Å²) in [6.07, 6.45) is 5.58. The van der Waals surface area contributed by atoms with E-state index in [0.29, 0.717) is 25.0 Å². The van der Waals surface area contributed by atoms with E-state index >= 15 is 0 Å². The summed E-state index contributed by atoms with van der Waals surface area (Å²) in [7, 11) is 0. The highest BCUT2D eigenvalue weighted by Gasteiger charge is 2.32. The smallest absolute Gasteiger partial charge is 0.224 e. The molecule has 20 heavy (non-hydrogen) atoms. The van der Waals surface area contributed by atoms with Gasteiger partial charge in [0.25, 0.3) is 0 Å². The first-order valence-corrected chi connectivity index (χ1v) is 8.16. The lowest BCUT2D eigenvalue weighted by atomic mass is 10.1. The molecule has 3 fully saturated rings. The van der Waals surface area contributed by atoms with Crippen LogP contribution in [0.1, 0.15) is 32.1 Å². The third-order valence-electron chi connectivity index (χ3n) is 4.78. The van der Waals surface area contributed by atoms with Crippen molar-refractivity contribution in [2.24, 2.45) is 0 Å². The van der Waals surface area contributed by atoms with E-state index in [9.17, 15) is 4.79 Å². The highest BCUT2D eigenvalue weighted by atomic mass is 16.5. The Bertz CT molecular complexity index is 325. The molecule has 5 nitrogen and oxygen atoms in total. The second-order valence-corrected chi connectivity index (χ2v) is 6.32. The summed E-state index contributed by atoms with van der Waals surface area (Å²) in [5.74, 6) is 0.315. The van der Waals surface area contributed by atoms with Gasteiger partial charge in [-0.2, -0.15) is 0 Å². The number of hydrogen-bond acceptors (Lipinski definition) is 4. The summed E-state index contributed by atoms with van der Waals surface area (Å²) in [4.78, 5) is 17.2. The van der Waals surface area contributed by atoms with Gasteiger partial charge in [-0.1, -0.05) is 0 Å². The molecule has 0 radical (unpaired) electrons. The zero-order valence-electron chi connectivity index (χ0n) is 12.4. The quantitative estimate of drug-likeness (QED) is 0.813. The standard InChI is InChI=1S/C15H27N3O2/c19-15(10-13-12-20-9-5-16-13)18-8-3-4-14(18)11-17-6-1-2-7-17/h13-14,16H,1-12H2. The first-order chi connectivity index (χ1) is 9.83. The molecule has 3 aliphatic heterocycles. The molecule has 2 unspecified atom stereocenters. The molecule has 5 heteroatoms. The van der Waals surface area contributed by atoms with Gasteiger partial charge in [0.2, 0.25) is 5.91 Å². The van der Waals surface area contributed by atoms with Crippen molar-refractivity contribution in [3.63, 3.8) is 0 Å². The van der Waals surface area contributed by atoms with Crippen LogP contribution in [0.2, 0.25) is 0 Å². The molecule has 3 aliphatic rings. The molecule has 3 rings (SSSR count). The molecule has 3 saturated heterocycles. The van der Waals surface area contributed by atoms with E-state index in [1.807, 2.05) is 0 Å². The predicted molar refractivity (Wildman–Crippen MR) is 77.6 cm³/mol. The summed E-state index contributed by atoms with van der Waals surface area (Å²) in [6.45, 7) is 6.79. The van der Waals surface area contributed by atoms with Gasteiger partial charge in [-0.15, -0.1) is 0 Å². The van der Waals surface area contributed by atoms with Crippen LogP contribution in [0.4, 0.5) is 0 Å². The molecule has 0 bridgehead atoms. The number of nitrogens with one attached hydrogen (secondary N) is 1. The maximum Gasteiger partial charge on any atom is 0.224 e. The van der Waals surface area contributed by atoms with Crippen molar-refractivity contribution in [2.45, 2.75) is 44.2 Å². The molecular formula is C15H27N3O2. The van der Waals surface area contributed by atoms with Crippen LogP contribution < -0.4 is 5.32 Å². The molecule has 3 heterocycles. The average molecular weight is 281 g/mol. The van der Waals surface area contributed by atoms with E-state index in [0.717, 1.165) is 26.2 Å². The number of hydrogen-bond donors (Lipinski definition) is 1. The number of carbonyl (C=O) groups excluding carboxylic acids is 1. The second kappa shape index (κ2) is 6.87. The van der Waals surface area contributed by atoms with E-state index in [1.54, 1.807) is 0 Å². The van der Waals surface area contributed by atoms with Gasteiger partial charge in [0.05, 0.1) is 13.2 Å². The summed E-state index contributed by atoms with van der Waals surface area (Å²) in [5, 5.41) is 3.38. The predicted octanol–water partition coefficient (Wildman–Crippen LogP) is 0.452. The van der Waals surface area contributed by atoms with Gasteiger partial charge in [0.15, 0.2) is 0 Å². The molecule has 1 N–H and O–H groups in total. The Balaban J connectivity index is 1.49. The van der Waals surface area contributed by atoms with Crippen LogP contribution >= 0.6 is 0 Å². The number of amides is 1. The minimum absolute atomic E-state index is 0.212. The highest BCUT2D eigenvalue weighted by Crippen LogP contribution is 2.21. The Labute approximate surface area is 121 Å². The van der Waals surface area contributed by atoms with Crippen LogP contribution in [0.5, 0.6) is 0 Å². The summed E-state index contributed by atoms with van der Waals surface area (Å²) in [5.41, 5.74) is 0. The van der Waals surface area contributed by atoms with Crippen LogP contribution in [0.3, 0.4) is 0 Å². The monoisotopic (exact) mass is 281 g/mol. The van der Waals surface area contributed by atoms with Crippen molar-refractivity contribution in [3.8, 4) is 0 Å². The second-order valence-electron chi connectivity index (χ2n) is 6.32. The van der Waals surface area contributed by atoms with E-state index in [4.69, 9.17) is 4.74 Å². The van der Waals surface area contributed by atoms with Crippen molar-refractivity contribution in [1.82, 2.24) is 15.1 Å². The Morgan fingerprint density at radius 2 is 2.05 bits per heavy atom. The molecule has 0 aliphatic carbocycles. The molecule has 0 spiro atoms. The molecule has 1 amide bonds. The fourth-order valence-electron chi connectivity index (χ4n) is 3.70. The molecule has 0 saturated carbocycles. The number of carbonyl (C=O) groups is 1. The normalized spacial score (nSPS) is 31.9. The minimum Gasteiger partial charge on any atom is -0.378 e. The Morgan fingerprint density at radius 1 is 1.20 bits per heavy atom. The first kappa shape index (κ1) is 14.3. The molecule has 114 valence electrons. The Morgan fingerprint density at radius 3 is 2.80 bits per heavy atom. The minimum atomic E-state index is 0.212. The van der Waals surface area contributed by atoms with Gasteiger partial charge in [-0.25, -0.2) is 0 Å². The van der Waals surface area contributed by atoms with Crippen LogP contribution in [-0.4, -0.2) is 73.7 Å². The lowest BCUT2D eigenvalue weighted by Crippen LogP contribution is -2.47. The third-order valence-corrected chi connectivity index (χ3v) is 4.78. The average Bonchev–Trinajstić information content (AvgIpc) is 3.12. The molecular weight excluding hydrogens is 254 g/mol. The maximum absolute atomic E-state index is 12.5. The van der Waals surface area contributed by atoms with Crippen LogP contribution in [0.25, 0.3) is 0 Å². The van der Waals surface area contributed by atoms with E-state index in [-0.39, 0.29) is 6.04 Å². The molecule has 0 aromatic carbocycles. The first-order valence-electron chi connectivity index (χ1n) is 8.16. The number of nitrogens with zero attached hydrogens (tertiary/aromatic N) is 2. The number of ether oxygens (including phenoxy) is 1. The van der Waals surface area contributed by atoms with E-state index in [2.05, 4.69) is 15.1 Å². The van der Waals surface area contributed by atoms with Crippen LogP contribution in [-0.2, 0) is 9.53 Å². The topological polar surface area (TPSA) is 44.8 Å². The SMILES string of the molecule is O=C(CC1COCCN1)N1CCCC1CN1CCCC1. The Hall–Kier alpha value is -0.650. The van der Waals surface area contributed by atoms with Crippen molar-refractivity contribution in [3.05, 3.63) is 0 Å². The van der Waals surface area contributed by atoms with Gasteiger partial charge < -0.3 is 19.9 Å². The van der Waals surface area contributed by atoms with Gasteiger partial charge in [-0.3, -0.25) is 4.79 Å². The summed E-state index contributed by atoms with van der Waals surface area (Å²) in [6, 6.07) is 0.661. The molecule has 0 aromatic rings. The summed E-state index contributed by atoms with van der Waals surface area (Å²) >= 11 is 0. The lowest BCUT2D eigenvalue weighted by molar-refractivity contribution is -0.133. The number of morpholine rings is 1. The number of rotatable bonds is 4. The largest absolute Gasteiger partial charge is 0.378 e.